The number of fused-ring (bicyclic) bond motifs is 9. The maximum absolute atomic E-state index is 6.39. The smallest absolute Gasteiger partial charge is 0.143 e. The predicted octanol–water partition coefficient (Wildman–Crippen LogP) is 15.7. The van der Waals surface area contributed by atoms with Gasteiger partial charge in [-0.15, -0.1) is 0 Å². The summed E-state index contributed by atoms with van der Waals surface area (Å²) in [7, 11) is 0. The highest BCUT2D eigenvalue weighted by atomic mass is 16.3. The molecule has 0 saturated heterocycles. The van der Waals surface area contributed by atoms with E-state index in [4.69, 9.17) is 13.3 Å². The first-order valence-corrected chi connectivity index (χ1v) is 19.3. The van der Waals surface area contributed by atoms with E-state index < -0.39 is 0 Å². The van der Waals surface area contributed by atoms with E-state index in [1.165, 1.54) is 0 Å². The van der Waals surface area contributed by atoms with Crippen LogP contribution in [0.25, 0.3) is 121 Å². The van der Waals surface area contributed by atoms with Crippen LogP contribution in [0, 0.1) is 0 Å². The third-order valence-corrected chi connectivity index (χ3v) is 11.5. The van der Waals surface area contributed by atoms with Gasteiger partial charge in [0.25, 0.3) is 0 Å². The molecule has 0 saturated carbocycles. The van der Waals surface area contributed by atoms with Crippen LogP contribution in [0.2, 0.25) is 0 Å². The second-order valence-corrected chi connectivity index (χ2v) is 14.8. The Balaban J connectivity index is 0.902. The fourth-order valence-corrected chi connectivity index (χ4v) is 8.70. The van der Waals surface area contributed by atoms with Gasteiger partial charge < -0.3 is 13.3 Å². The fourth-order valence-electron chi connectivity index (χ4n) is 8.70. The topological polar surface area (TPSA) is 39.4 Å². The molecule has 3 heterocycles. The Labute approximate surface area is 327 Å². The zero-order valence-electron chi connectivity index (χ0n) is 30.7. The lowest BCUT2D eigenvalue weighted by atomic mass is 9.95. The van der Waals surface area contributed by atoms with Crippen molar-refractivity contribution in [1.29, 1.82) is 0 Å². The molecule has 3 aromatic heterocycles. The van der Waals surface area contributed by atoms with E-state index in [1.807, 2.05) is 24.3 Å². The lowest BCUT2D eigenvalue weighted by Gasteiger charge is -2.09. The molecule has 0 aliphatic carbocycles. The van der Waals surface area contributed by atoms with E-state index in [2.05, 4.69) is 170 Å². The SMILES string of the molecule is c1cc(-c2cccc(-c3cccc4c3oc3ccccc34)c2)cc(-c2ccc3oc4ccc(-c5cccc(-c6cccc7c6oc6ccccc67)c5)cc4c3c2)c1. The van der Waals surface area contributed by atoms with Crippen molar-refractivity contribution in [2.75, 3.05) is 0 Å². The minimum Gasteiger partial charge on any atom is -0.456 e. The van der Waals surface area contributed by atoms with Crippen LogP contribution in [0.15, 0.2) is 207 Å². The first-order valence-electron chi connectivity index (χ1n) is 19.3. The Bertz CT molecular complexity index is 3540. The largest absolute Gasteiger partial charge is 0.456 e. The molecule has 9 aromatic carbocycles. The summed E-state index contributed by atoms with van der Waals surface area (Å²) in [6.07, 6.45) is 0. The number of rotatable bonds is 5. The average molecular weight is 729 g/mol. The molecule has 0 aliphatic rings. The van der Waals surface area contributed by atoms with E-state index in [9.17, 15) is 0 Å². The molecule has 0 bridgehead atoms. The van der Waals surface area contributed by atoms with Crippen LogP contribution < -0.4 is 0 Å². The number of para-hydroxylation sites is 4. The van der Waals surface area contributed by atoms with Crippen molar-refractivity contribution in [2.45, 2.75) is 0 Å². The lowest BCUT2D eigenvalue weighted by Crippen LogP contribution is -1.84. The molecule has 0 atom stereocenters. The van der Waals surface area contributed by atoms with E-state index >= 15 is 0 Å². The van der Waals surface area contributed by atoms with Crippen molar-refractivity contribution < 1.29 is 13.3 Å². The summed E-state index contributed by atoms with van der Waals surface area (Å²) in [5.41, 5.74) is 16.7. The molecule has 12 aromatic rings. The van der Waals surface area contributed by atoms with Crippen LogP contribution in [-0.2, 0) is 0 Å². The Kier molecular flexibility index (Phi) is 6.93. The standard InChI is InChI=1S/C54H32O3/c1-3-22-49-43(16-1)45-20-8-18-41(53(45)56-49)39-14-6-12-35(29-39)33-10-5-11-34(28-33)37-24-26-51-47(31-37)48-32-38(25-27-52(48)55-51)36-13-7-15-40(30-36)42-19-9-21-46-44-17-2-4-23-50(44)57-54(42)46/h1-32H. The van der Waals surface area contributed by atoms with Crippen LogP contribution in [0.3, 0.4) is 0 Å². The first-order chi connectivity index (χ1) is 28.2. The fraction of sp³-hybridized carbons (Fsp3) is 0. The maximum atomic E-state index is 6.39. The van der Waals surface area contributed by atoms with Gasteiger partial charge in [-0.25, -0.2) is 0 Å². The van der Waals surface area contributed by atoms with E-state index in [-0.39, 0.29) is 0 Å². The van der Waals surface area contributed by atoms with Crippen molar-refractivity contribution in [3.63, 3.8) is 0 Å². The van der Waals surface area contributed by atoms with Crippen molar-refractivity contribution in [3.05, 3.63) is 194 Å². The van der Waals surface area contributed by atoms with Crippen LogP contribution in [-0.4, -0.2) is 0 Å². The Morgan fingerprint density at radius 2 is 0.561 bits per heavy atom. The maximum Gasteiger partial charge on any atom is 0.143 e. The first kappa shape index (κ1) is 31.7. The highest BCUT2D eigenvalue weighted by Gasteiger charge is 2.16. The molecular weight excluding hydrogens is 697 g/mol. The highest BCUT2D eigenvalue weighted by molar-refractivity contribution is 6.11. The molecule has 266 valence electrons. The van der Waals surface area contributed by atoms with Gasteiger partial charge in [-0.1, -0.05) is 140 Å². The van der Waals surface area contributed by atoms with Gasteiger partial charge in [-0.2, -0.15) is 0 Å². The molecule has 3 heteroatoms. The van der Waals surface area contributed by atoms with Gasteiger partial charge in [0, 0.05) is 43.4 Å². The molecular formula is C54H32O3. The van der Waals surface area contributed by atoms with Crippen LogP contribution in [0.5, 0.6) is 0 Å². The monoisotopic (exact) mass is 728 g/mol. The van der Waals surface area contributed by atoms with E-state index in [0.717, 1.165) is 121 Å². The molecule has 3 nitrogen and oxygen atoms in total. The summed E-state index contributed by atoms with van der Waals surface area (Å²) in [5.74, 6) is 0. The van der Waals surface area contributed by atoms with Gasteiger partial charge in [0.15, 0.2) is 0 Å². The zero-order valence-corrected chi connectivity index (χ0v) is 30.7. The quantitative estimate of drug-likeness (QED) is 0.177. The van der Waals surface area contributed by atoms with Gasteiger partial charge in [0.1, 0.15) is 33.5 Å². The Morgan fingerprint density at radius 3 is 1.04 bits per heavy atom. The van der Waals surface area contributed by atoms with E-state index in [0.29, 0.717) is 0 Å². The minimum absolute atomic E-state index is 0.874. The molecule has 57 heavy (non-hydrogen) atoms. The Morgan fingerprint density at radius 1 is 0.211 bits per heavy atom. The van der Waals surface area contributed by atoms with Crippen LogP contribution in [0.4, 0.5) is 0 Å². The van der Waals surface area contributed by atoms with Crippen molar-refractivity contribution in [3.8, 4) is 55.6 Å². The number of hydrogen-bond acceptors (Lipinski definition) is 3. The van der Waals surface area contributed by atoms with E-state index in [1.54, 1.807) is 0 Å². The van der Waals surface area contributed by atoms with Gasteiger partial charge in [0.05, 0.1) is 0 Å². The summed E-state index contributed by atoms with van der Waals surface area (Å²) in [4.78, 5) is 0. The third kappa shape index (κ3) is 5.13. The molecule has 0 radical (unpaired) electrons. The normalized spacial score (nSPS) is 11.9. The zero-order chi connectivity index (χ0) is 37.5. The van der Waals surface area contributed by atoms with Gasteiger partial charge >= 0.3 is 0 Å². The molecule has 12 rings (SSSR count). The number of benzene rings is 9. The summed E-state index contributed by atoms with van der Waals surface area (Å²) in [6.45, 7) is 0. The highest BCUT2D eigenvalue weighted by Crippen LogP contribution is 2.40. The Hall–Kier alpha value is -7.62. The second kappa shape index (κ2) is 12.5. The molecule has 0 amide bonds. The summed E-state index contributed by atoms with van der Waals surface area (Å²) >= 11 is 0. The lowest BCUT2D eigenvalue weighted by molar-refractivity contribution is 0.669. The molecule has 0 N–H and O–H groups in total. The molecule has 0 aliphatic heterocycles. The summed E-state index contributed by atoms with van der Waals surface area (Å²) in [5, 5.41) is 6.73. The van der Waals surface area contributed by atoms with Gasteiger partial charge in [-0.3, -0.25) is 0 Å². The second-order valence-electron chi connectivity index (χ2n) is 14.8. The van der Waals surface area contributed by atoms with Crippen molar-refractivity contribution in [1.82, 2.24) is 0 Å². The number of hydrogen-bond donors (Lipinski definition) is 0. The third-order valence-electron chi connectivity index (χ3n) is 11.5. The predicted molar refractivity (Wildman–Crippen MR) is 235 cm³/mol. The van der Waals surface area contributed by atoms with Crippen LogP contribution >= 0.6 is 0 Å². The van der Waals surface area contributed by atoms with Crippen LogP contribution in [0.1, 0.15) is 0 Å². The summed E-state index contributed by atoms with van der Waals surface area (Å²) < 4.78 is 19.2. The minimum atomic E-state index is 0.874. The van der Waals surface area contributed by atoms with Crippen molar-refractivity contribution in [2.24, 2.45) is 0 Å². The molecule has 0 spiro atoms. The van der Waals surface area contributed by atoms with Gasteiger partial charge in [0.2, 0.25) is 0 Å². The number of furan rings is 3. The molecule has 0 fully saturated rings. The van der Waals surface area contributed by atoms with Crippen molar-refractivity contribution >= 4 is 65.8 Å². The van der Waals surface area contributed by atoms with Gasteiger partial charge in [-0.05, 0) is 99.1 Å². The summed E-state index contributed by atoms with van der Waals surface area (Å²) in [6, 6.07) is 68.6. The molecule has 0 unspecified atom stereocenters. The average Bonchev–Trinajstić information content (AvgIpc) is 3.97.